The number of rotatable bonds is 9. The minimum absolute atomic E-state index is 0.105. The Hall–Kier alpha value is -2.11. The van der Waals surface area contributed by atoms with Gasteiger partial charge in [0.2, 0.25) is 0 Å². The summed E-state index contributed by atoms with van der Waals surface area (Å²) < 4.78 is 42.4. The van der Waals surface area contributed by atoms with Crippen LogP contribution in [0.1, 0.15) is 11.1 Å². The van der Waals surface area contributed by atoms with Crippen LogP contribution in [0.15, 0.2) is 91.3 Å². The molecule has 1 unspecified atom stereocenters. The number of phosphoric ester groups is 1. The molecule has 0 amide bonds. The second-order valence-electron chi connectivity index (χ2n) is 5.79. The first kappa shape index (κ1) is 20.6. The molecule has 1 aromatic heterocycles. The lowest BCUT2D eigenvalue weighted by molar-refractivity contribution is -0.537. The first-order chi connectivity index (χ1) is 13.5. The van der Waals surface area contributed by atoms with Gasteiger partial charge in [-0.15, -0.1) is 4.34 Å². The van der Waals surface area contributed by atoms with Gasteiger partial charge in [-0.05, 0) is 11.1 Å². The molecule has 28 heavy (non-hydrogen) atoms. The van der Waals surface area contributed by atoms with Crippen LogP contribution in [0.4, 0.5) is 0 Å². The average Bonchev–Trinajstić information content (AvgIpc) is 2.73. The van der Waals surface area contributed by atoms with Crippen LogP contribution in [0.5, 0.6) is 0 Å². The highest BCUT2D eigenvalue weighted by atomic mass is 31.3. The van der Waals surface area contributed by atoms with E-state index in [0.29, 0.717) is 0 Å². The van der Waals surface area contributed by atoms with Crippen LogP contribution in [-0.4, -0.2) is 4.89 Å². The molecule has 0 aliphatic rings. The number of hydrogen-bond donors (Lipinski definition) is 1. The smallest absolute Gasteiger partial charge is 0.282 e. The van der Waals surface area contributed by atoms with E-state index in [9.17, 15) is 14.0 Å². The predicted molar refractivity (Wildman–Crippen MR) is 103 cm³/mol. The number of aromatic nitrogens is 1. The topological polar surface area (TPSA) is 85.9 Å². The summed E-state index contributed by atoms with van der Waals surface area (Å²) in [6.45, 7) is -0.210. The number of nitrogens with zero attached hydrogens (tertiary/aromatic N) is 1. The molecule has 3 aromatic rings. The van der Waals surface area contributed by atoms with Gasteiger partial charge in [-0.25, -0.2) is 4.57 Å². The molecule has 3 rings (SSSR count). The van der Waals surface area contributed by atoms with Crippen molar-refractivity contribution in [2.24, 2.45) is 0 Å². The van der Waals surface area contributed by atoms with Gasteiger partial charge in [-0.2, -0.15) is 8.88 Å². The van der Waals surface area contributed by atoms with Crippen LogP contribution in [0.3, 0.4) is 0 Å². The van der Waals surface area contributed by atoms with Crippen molar-refractivity contribution in [2.75, 3.05) is 0 Å². The number of phosphoric acid groups is 1. The minimum atomic E-state index is -4.51. The van der Waals surface area contributed by atoms with Gasteiger partial charge in [0.25, 0.3) is 0 Å². The van der Waals surface area contributed by atoms with Gasteiger partial charge in [-0.3, -0.25) is 13.9 Å². The highest BCUT2D eigenvalue weighted by Gasteiger charge is 2.45. The molecule has 1 atom stereocenters. The van der Waals surface area contributed by atoms with Crippen molar-refractivity contribution in [3.8, 4) is 0 Å². The van der Waals surface area contributed by atoms with E-state index >= 15 is 0 Å². The van der Waals surface area contributed by atoms with E-state index in [-0.39, 0.29) is 13.2 Å². The standard InChI is InChI=1S/C19H19NO6P2/c21-27(22,20-14-8-3-9-15-20)26-28(23,24-16-18-10-4-1-5-11-18)25-17-19-12-6-2-7-13-19/h1-15H,16-17H2/p+1. The van der Waals surface area contributed by atoms with Crippen LogP contribution in [0, 0.1) is 0 Å². The minimum Gasteiger partial charge on any atom is -0.282 e. The number of benzene rings is 2. The molecule has 0 spiro atoms. The van der Waals surface area contributed by atoms with E-state index in [1.54, 1.807) is 66.7 Å². The highest BCUT2D eigenvalue weighted by molar-refractivity contribution is 7.60. The van der Waals surface area contributed by atoms with Gasteiger partial charge in [0.05, 0.1) is 13.2 Å². The molecular formula is C19H20NO6P2+. The fourth-order valence-corrected chi connectivity index (χ4v) is 5.21. The zero-order chi connectivity index (χ0) is 19.9. The van der Waals surface area contributed by atoms with E-state index in [2.05, 4.69) is 0 Å². The largest absolute Gasteiger partial charge is 0.619 e. The Kier molecular flexibility index (Phi) is 6.92. The fraction of sp³-hybridized carbons (Fsp3) is 0.105. The van der Waals surface area contributed by atoms with Crippen molar-refractivity contribution in [1.29, 1.82) is 0 Å². The maximum Gasteiger partial charge on any atom is 0.619 e. The Balaban J connectivity index is 1.78. The van der Waals surface area contributed by atoms with Crippen molar-refractivity contribution in [3.05, 3.63) is 102 Å². The highest BCUT2D eigenvalue weighted by Crippen LogP contribution is 2.61. The quantitative estimate of drug-likeness (QED) is 0.514. The predicted octanol–water partition coefficient (Wildman–Crippen LogP) is 4.48. The molecule has 0 radical (unpaired) electrons. The van der Waals surface area contributed by atoms with Crippen LogP contribution in [0.25, 0.3) is 0 Å². The van der Waals surface area contributed by atoms with Crippen LogP contribution >= 0.6 is 15.6 Å². The zero-order valence-electron chi connectivity index (χ0n) is 14.9. The van der Waals surface area contributed by atoms with Crippen molar-refractivity contribution < 1.29 is 31.7 Å². The maximum atomic E-state index is 13.1. The lowest BCUT2D eigenvalue weighted by atomic mass is 10.2. The molecule has 0 aliphatic carbocycles. The van der Waals surface area contributed by atoms with Gasteiger partial charge in [-0.1, -0.05) is 66.7 Å². The van der Waals surface area contributed by atoms with Gasteiger partial charge < -0.3 is 0 Å². The third-order valence-corrected chi connectivity index (χ3v) is 7.05. The second-order valence-corrected chi connectivity index (χ2v) is 9.30. The lowest BCUT2D eigenvalue weighted by Crippen LogP contribution is -2.30. The zero-order valence-corrected chi connectivity index (χ0v) is 16.7. The molecule has 0 bridgehead atoms. The Morgan fingerprint density at radius 2 is 1.14 bits per heavy atom. The summed E-state index contributed by atoms with van der Waals surface area (Å²) in [5.74, 6) is 0. The molecule has 146 valence electrons. The van der Waals surface area contributed by atoms with Gasteiger partial charge in [0.1, 0.15) is 0 Å². The SMILES string of the molecule is O=P(OCc1ccccc1)(OCc1ccccc1)OP(=O)(O)[n+]1ccccc1. The summed E-state index contributed by atoms with van der Waals surface area (Å²) in [6.07, 6.45) is 2.67. The fourth-order valence-electron chi connectivity index (χ4n) is 2.27. The monoisotopic (exact) mass is 420 g/mol. The van der Waals surface area contributed by atoms with E-state index < -0.39 is 15.6 Å². The lowest BCUT2D eigenvalue weighted by Gasteiger charge is -2.18. The van der Waals surface area contributed by atoms with Crippen molar-refractivity contribution in [1.82, 2.24) is 0 Å². The molecule has 0 saturated carbocycles. The Morgan fingerprint density at radius 1 is 0.714 bits per heavy atom. The van der Waals surface area contributed by atoms with Gasteiger partial charge in [0, 0.05) is 12.1 Å². The van der Waals surface area contributed by atoms with E-state index in [0.717, 1.165) is 15.5 Å². The number of hydrogen-bond acceptors (Lipinski definition) is 5. The van der Waals surface area contributed by atoms with Gasteiger partial charge >= 0.3 is 15.6 Å². The Labute approximate surface area is 163 Å². The summed E-state index contributed by atoms with van der Waals surface area (Å²) >= 11 is 0. The van der Waals surface area contributed by atoms with Crippen molar-refractivity contribution in [2.45, 2.75) is 13.2 Å². The van der Waals surface area contributed by atoms with Crippen LogP contribution in [0.2, 0.25) is 0 Å². The molecule has 0 fully saturated rings. The second kappa shape index (κ2) is 9.39. The number of pyridine rings is 1. The van der Waals surface area contributed by atoms with E-state index in [4.69, 9.17) is 13.4 Å². The average molecular weight is 420 g/mol. The Morgan fingerprint density at radius 3 is 1.61 bits per heavy atom. The molecule has 9 heteroatoms. The first-order valence-corrected chi connectivity index (χ1v) is 11.4. The van der Waals surface area contributed by atoms with Crippen molar-refractivity contribution >= 4 is 15.6 Å². The van der Waals surface area contributed by atoms with E-state index in [1.165, 1.54) is 12.4 Å². The Bertz CT molecular complexity index is 922. The molecule has 0 aliphatic heterocycles. The first-order valence-electron chi connectivity index (χ1n) is 8.45. The summed E-state index contributed by atoms with van der Waals surface area (Å²) in [4.78, 5) is 10.3. The van der Waals surface area contributed by atoms with Crippen LogP contribution < -0.4 is 4.34 Å². The summed E-state index contributed by atoms with van der Waals surface area (Å²) in [7, 11) is -8.88. The molecule has 7 nitrogen and oxygen atoms in total. The maximum absolute atomic E-state index is 13.1. The third kappa shape index (κ3) is 5.94. The van der Waals surface area contributed by atoms with E-state index in [1.807, 2.05) is 12.1 Å². The molecule has 1 heterocycles. The van der Waals surface area contributed by atoms with Gasteiger partial charge in [0.15, 0.2) is 12.4 Å². The molecule has 1 N–H and O–H groups in total. The summed E-state index contributed by atoms with van der Waals surface area (Å²) in [6, 6.07) is 22.7. The molecule has 0 saturated heterocycles. The normalized spacial score (nSPS) is 13.8. The third-order valence-electron chi connectivity index (χ3n) is 3.66. The van der Waals surface area contributed by atoms with Crippen molar-refractivity contribution in [3.63, 3.8) is 0 Å². The molecule has 2 aromatic carbocycles. The summed E-state index contributed by atoms with van der Waals surface area (Å²) in [5, 5.41) is 0. The summed E-state index contributed by atoms with van der Waals surface area (Å²) in [5.41, 5.74) is 1.43. The van der Waals surface area contributed by atoms with Crippen LogP contribution in [-0.2, 0) is 35.7 Å². The molecular weight excluding hydrogens is 400 g/mol.